The molecule has 3 nitrogen and oxygen atoms in total. The number of esters is 1. The van der Waals surface area contributed by atoms with Crippen LogP contribution in [0.25, 0.3) is 0 Å². The van der Waals surface area contributed by atoms with E-state index in [9.17, 15) is 9.18 Å². The fourth-order valence-electron chi connectivity index (χ4n) is 2.04. The van der Waals surface area contributed by atoms with Crippen molar-refractivity contribution in [3.05, 3.63) is 59.2 Å². The number of ether oxygens (including phenoxy) is 1. The number of nitrogens with zero attached hydrogens (tertiary/aromatic N) is 1. The van der Waals surface area contributed by atoms with Crippen LogP contribution >= 0.6 is 0 Å². The Morgan fingerprint density at radius 1 is 1.25 bits per heavy atom. The Bertz CT molecular complexity index is 621. The highest BCUT2D eigenvalue weighted by molar-refractivity contribution is 5.91. The van der Waals surface area contributed by atoms with Gasteiger partial charge >= 0.3 is 5.97 Å². The van der Waals surface area contributed by atoms with Gasteiger partial charge in [-0.05, 0) is 48.2 Å². The van der Waals surface area contributed by atoms with E-state index in [1.54, 1.807) is 12.1 Å². The van der Waals surface area contributed by atoms with Gasteiger partial charge in [0, 0.05) is 0 Å². The summed E-state index contributed by atoms with van der Waals surface area (Å²) in [5.41, 5.74) is 2.72. The first kappa shape index (κ1) is 14.2. The van der Waals surface area contributed by atoms with Crippen molar-refractivity contribution in [2.45, 2.75) is 26.7 Å². The molecule has 1 heterocycles. The highest BCUT2D eigenvalue weighted by Gasteiger charge is 2.12. The van der Waals surface area contributed by atoms with Crippen molar-refractivity contribution in [1.82, 2.24) is 4.98 Å². The Morgan fingerprint density at radius 2 is 2.00 bits per heavy atom. The molecule has 0 aliphatic rings. The average molecular weight is 273 g/mol. The molecule has 2 aromatic rings. The third-order valence-electron chi connectivity index (χ3n) is 3.04. The Balaban J connectivity index is 2.17. The molecule has 0 radical (unpaired) electrons. The molecule has 0 aliphatic heterocycles. The lowest BCUT2D eigenvalue weighted by atomic mass is 9.96. The maximum atomic E-state index is 12.7. The first-order valence-corrected chi connectivity index (χ1v) is 6.41. The molecule has 0 amide bonds. The fourth-order valence-corrected chi connectivity index (χ4v) is 2.04. The third-order valence-corrected chi connectivity index (χ3v) is 3.04. The Morgan fingerprint density at radius 3 is 2.55 bits per heavy atom. The monoisotopic (exact) mass is 273 g/mol. The maximum Gasteiger partial charge on any atom is 0.343 e. The lowest BCUT2D eigenvalue weighted by Crippen LogP contribution is -2.09. The molecule has 0 spiro atoms. The van der Waals surface area contributed by atoms with Crippen LogP contribution in [0.5, 0.6) is 5.75 Å². The molecule has 20 heavy (non-hydrogen) atoms. The van der Waals surface area contributed by atoms with Crippen molar-refractivity contribution < 1.29 is 13.9 Å². The summed E-state index contributed by atoms with van der Waals surface area (Å²) in [7, 11) is 0. The molecular weight excluding hydrogens is 257 g/mol. The van der Waals surface area contributed by atoms with Crippen LogP contribution in [0.3, 0.4) is 0 Å². The Hall–Kier alpha value is -2.23. The maximum absolute atomic E-state index is 12.7. The highest BCUT2D eigenvalue weighted by atomic mass is 19.1. The van der Waals surface area contributed by atoms with E-state index in [1.165, 1.54) is 17.8 Å². The van der Waals surface area contributed by atoms with Crippen LogP contribution in [0.1, 0.15) is 41.3 Å². The summed E-state index contributed by atoms with van der Waals surface area (Å²) in [6.07, 6.45) is 1.18. The lowest BCUT2D eigenvalue weighted by molar-refractivity contribution is 0.0733. The number of halogens is 1. The quantitative estimate of drug-likeness (QED) is 0.629. The minimum Gasteiger partial charge on any atom is -0.421 e. The van der Waals surface area contributed by atoms with Crippen molar-refractivity contribution in [1.29, 1.82) is 0 Å². The van der Waals surface area contributed by atoms with E-state index in [2.05, 4.69) is 18.8 Å². The van der Waals surface area contributed by atoms with Gasteiger partial charge in [0.05, 0.1) is 11.8 Å². The number of aromatic nitrogens is 1. The second-order valence-corrected chi connectivity index (χ2v) is 4.93. The highest BCUT2D eigenvalue weighted by Crippen LogP contribution is 2.21. The van der Waals surface area contributed by atoms with Crippen LogP contribution in [0.4, 0.5) is 4.39 Å². The average Bonchev–Trinajstić information content (AvgIpc) is 2.40. The molecule has 1 aromatic carbocycles. The minimum atomic E-state index is -0.609. The number of benzene rings is 1. The Kier molecular flexibility index (Phi) is 4.13. The van der Waals surface area contributed by atoms with E-state index >= 15 is 0 Å². The summed E-state index contributed by atoms with van der Waals surface area (Å²) < 4.78 is 17.8. The van der Waals surface area contributed by atoms with E-state index in [1.807, 2.05) is 13.0 Å². The molecule has 2 rings (SSSR count). The number of rotatable bonds is 3. The zero-order valence-corrected chi connectivity index (χ0v) is 11.7. The van der Waals surface area contributed by atoms with Gasteiger partial charge in [0.15, 0.2) is 0 Å². The second kappa shape index (κ2) is 5.82. The molecule has 0 bridgehead atoms. The number of aryl methyl sites for hydroxylation is 1. The van der Waals surface area contributed by atoms with E-state index in [-0.39, 0.29) is 5.75 Å². The van der Waals surface area contributed by atoms with Crippen LogP contribution in [-0.4, -0.2) is 11.0 Å². The molecular formula is C16H16FNO2. The summed E-state index contributed by atoms with van der Waals surface area (Å²) in [5.74, 6) is -0.456. The van der Waals surface area contributed by atoms with E-state index in [4.69, 9.17) is 4.74 Å². The third kappa shape index (κ3) is 3.20. The first-order chi connectivity index (χ1) is 9.47. The van der Waals surface area contributed by atoms with Gasteiger partial charge < -0.3 is 4.74 Å². The van der Waals surface area contributed by atoms with Gasteiger partial charge in [-0.25, -0.2) is 9.78 Å². The SMILES string of the molecule is Cc1cc(C(=O)Oc2ccc(F)nc2)ccc1C(C)C. The van der Waals surface area contributed by atoms with E-state index in [0.717, 1.165) is 11.6 Å². The van der Waals surface area contributed by atoms with Crippen molar-refractivity contribution in [2.24, 2.45) is 0 Å². The normalized spacial score (nSPS) is 10.7. The Labute approximate surface area is 117 Å². The van der Waals surface area contributed by atoms with Crippen LogP contribution in [0.15, 0.2) is 36.5 Å². The van der Waals surface area contributed by atoms with Crippen LogP contribution < -0.4 is 4.74 Å². The van der Waals surface area contributed by atoms with Crippen molar-refractivity contribution in [3.63, 3.8) is 0 Å². The topological polar surface area (TPSA) is 39.2 Å². The van der Waals surface area contributed by atoms with Gasteiger partial charge in [-0.15, -0.1) is 0 Å². The van der Waals surface area contributed by atoms with Gasteiger partial charge in [0.1, 0.15) is 5.75 Å². The summed E-state index contributed by atoms with van der Waals surface area (Å²) in [6, 6.07) is 7.99. The number of hydrogen-bond donors (Lipinski definition) is 0. The van der Waals surface area contributed by atoms with E-state index < -0.39 is 11.9 Å². The molecule has 1 aromatic heterocycles. The molecule has 104 valence electrons. The predicted octanol–water partition coefficient (Wildman–Crippen LogP) is 3.87. The van der Waals surface area contributed by atoms with Crippen molar-refractivity contribution >= 4 is 5.97 Å². The van der Waals surface area contributed by atoms with Gasteiger partial charge in [0.2, 0.25) is 5.95 Å². The van der Waals surface area contributed by atoms with Gasteiger partial charge in [-0.1, -0.05) is 19.9 Å². The molecule has 0 saturated heterocycles. The lowest BCUT2D eigenvalue weighted by Gasteiger charge is -2.11. The van der Waals surface area contributed by atoms with Gasteiger partial charge in [-0.3, -0.25) is 0 Å². The summed E-state index contributed by atoms with van der Waals surface area (Å²) in [5, 5.41) is 0. The standard InChI is InChI=1S/C16H16FNO2/c1-10(2)14-6-4-12(8-11(14)3)16(19)20-13-5-7-15(17)18-9-13/h4-10H,1-3H3. The van der Waals surface area contributed by atoms with Crippen LogP contribution in [0.2, 0.25) is 0 Å². The molecule has 0 fully saturated rings. The molecule has 0 aliphatic carbocycles. The number of carbonyl (C=O) groups excluding carboxylic acids is 1. The van der Waals surface area contributed by atoms with Gasteiger partial charge in [0.25, 0.3) is 0 Å². The van der Waals surface area contributed by atoms with Gasteiger partial charge in [-0.2, -0.15) is 4.39 Å². The summed E-state index contributed by atoms with van der Waals surface area (Å²) in [6.45, 7) is 6.17. The molecule has 0 unspecified atom stereocenters. The molecule has 0 atom stereocenters. The molecule has 4 heteroatoms. The predicted molar refractivity (Wildman–Crippen MR) is 74.4 cm³/mol. The number of carbonyl (C=O) groups is 1. The van der Waals surface area contributed by atoms with Crippen LogP contribution in [-0.2, 0) is 0 Å². The first-order valence-electron chi connectivity index (χ1n) is 6.41. The smallest absolute Gasteiger partial charge is 0.343 e. The van der Waals surface area contributed by atoms with Crippen LogP contribution in [0, 0.1) is 12.9 Å². The fraction of sp³-hybridized carbons (Fsp3) is 0.250. The van der Waals surface area contributed by atoms with Crippen molar-refractivity contribution in [3.8, 4) is 5.75 Å². The largest absolute Gasteiger partial charge is 0.421 e. The summed E-state index contributed by atoms with van der Waals surface area (Å²) >= 11 is 0. The van der Waals surface area contributed by atoms with Crippen molar-refractivity contribution in [2.75, 3.05) is 0 Å². The second-order valence-electron chi connectivity index (χ2n) is 4.93. The zero-order chi connectivity index (χ0) is 14.7. The molecule has 0 saturated carbocycles. The number of hydrogen-bond acceptors (Lipinski definition) is 3. The summed E-state index contributed by atoms with van der Waals surface area (Å²) in [4.78, 5) is 15.4. The van der Waals surface area contributed by atoms with E-state index in [0.29, 0.717) is 11.5 Å². The minimum absolute atomic E-state index is 0.224. The zero-order valence-electron chi connectivity index (χ0n) is 11.7. The number of pyridine rings is 1. The molecule has 0 N–H and O–H groups in total.